The summed E-state index contributed by atoms with van der Waals surface area (Å²) in [6.07, 6.45) is 2.61. The number of aromatic nitrogens is 2. The van der Waals surface area contributed by atoms with Gasteiger partial charge in [0, 0.05) is 31.6 Å². The van der Waals surface area contributed by atoms with Crippen LogP contribution in [0.2, 0.25) is 0 Å². The molecule has 156 valence electrons. The van der Waals surface area contributed by atoms with Crippen LogP contribution >= 0.6 is 0 Å². The number of hydrogen-bond acceptors (Lipinski definition) is 4. The fourth-order valence-corrected chi connectivity index (χ4v) is 3.83. The fraction of sp³-hybridized carbons (Fsp3) is 0.348. The quantitative estimate of drug-likeness (QED) is 0.681. The Morgan fingerprint density at radius 1 is 1.23 bits per heavy atom. The van der Waals surface area contributed by atoms with Crippen LogP contribution in [-0.2, 0) is 13.0 Å². The molecule has 3 aromatic rings. The molecule has 2 aromatic carbocycles. The molecule has 0 spiro atoms. The Bertz CT molecular complexity index is 1000. The third-order valence-electron chi connectivity index (χ3n) is 5.48. The highest BCUT2D eigenvalue weighted by Gasteiger charge is 2.25. The van der Waals surface area contributed by atoms with Crippen molar-refractivity contribution in [2.45, 2.75) is 32.7 Å². The van der Waals surface area contributed by atoms with Gasteiger partial charge in [-0.2, -0.15) is 4.98 Å². The predicted molar refractivity (Wildman–Crippen MR) is 111 cm³/mol. The van der Waals surface area contributed by atoms with Crippen molar-refractivity contribution < 1.29 is 13.7 Å². The molecule has 7 heteroatoms. The van der Waals surface area contributed by atoms with Crippen LogP contribution in [0.25, 0.3) is 11.4 Å². The molecule has 1 fully saturated rings. The van der Waals surface area contributed by atoms with E-state index in [1.807, 2.05) is 36.1 Å². The second kappa shape index (κ2) is 9.07. The maximum absolute atomic E-state index is 13.0. The van der Waals surface area contributed by atoms with Gasteiger partial charge in [0.15, 0.2) is 0 Å². The average molecular weight is 408 g/mol. The summed E-state index contributed by atoms with van der Waals surface area (Å²) in [4.78, 5) is 18.9. The molecule has 0 saturated carbocycles. The van der Waals surface area contributed by atoms with E-state index in [1.54, 1.807) is 12.1 Å². The summed E-state index contributed by atoms with van der Waals surface area (Å²) in [7, 11) is 0. The molecule has 0 bridgehead atoms. The summed E-state index contributed by atoms with van der Waals surface area (Å²) in [5.41, 5.74) is 2.94. The van der Waals surface area contributed by atoms with E-state index in [2.05, 4.69) is 15.5 Å². The summed E-state index contributed by atoms with van der Waals surface area (Å²) >= 11 is 0. The summed E-state index contributed by atoms with van der Waals surface area (Å²) in [5, 5.41) is 7.05. The zero-order valence-corrected chi connectivity index (χ0v) is 17.0. The van der Waals surface area contributed by atoms with Crippen LogP contribution in [-0.4, -0.2) is 34.2 Å². The van der Waals surface area contributed by atoms with Gasteiger partial charge in [-0.3, -0.25) is 0 Å². The molecular formula is C23H25FN4O2. The van der Waals surface area contributed by atoms with Gasteiger partial charge in [0.25, 0.3) is 0 Å². The molecule has 2 heterocycles. The van der Waals surface area contributed by atoms with Crippen LogP contribution in [0.5, 0.6) is 0 Å². The number of benzene rings is 2. The van der Waals surface area contributed by atoms with Gasteiger partial charge in [0.1, 0.15) is 5.82 Å². The molecule has 0 aliphatic carbocycles. The summed E-state index contributed by atoms with van der Waals surface area (Å²) in [6, 6.07) is 14.0. The van der Waals surface area contributed by atoms with E-state index in [1.165, 1.54) is 12.1 Å². The smallest absolute Gasteiger partial charge is 0.317 e. The first-order valence-electron chi connectivity index (χ1n) is 10.2. The van der Waals surface area contributed by atoms with Gasteiger partial charge in [-0.25, -0.2) is 9.18 Å². The molecule has 4 rings (SSSR count). The molecular weight excluding hydrogens is 383 g/mol. The van der Waals surface area contributed by atoms with Crippen LogP contribution in [0.1, 0.15) is 29.9 Å². The normalized spacial score (nSPS) is 16.5. The van der Waals surface area contributed by atoms with Gasteiger partial charge in [-0.05, 0) is 48.9 Å². The standard InChI is InChI=1S/C23H25FN4O2/c1-16-5-2-3-7-20(16)22-26-21(30-27-22)13-18-6-4-12-28(15-18)23(29)25-14-17-8-10-19(24)11-9-17/h2-3,5,7-11,18H,4,6,12-15H2,1H3,(H,25,29)/t18-/m1/s1. The Balaban J connectivity index is 1.32. The third-order valence-corrected chi connectivity index (χ3v) is 5.48. The Hall–Kier alpha value is -3.22. The van der Waals surface area contributed by atoms with E-state index in [4.69, 9.17) is 4.52 Å². The first-order chi connectivity index (χ1) is 14.6. The number of hydrogen-bond donors (Lipinski definition) is 1. The lowest BCUT2D eigenvalue weighted by Crippen LogP contribution is -2.45. The van der Waals surface area contributed by atoms with Gasteiger partial charge < -0.3 is 14.7 Å². The minimum absolute atomic E-state index is 0.102. The number of urea groups is 1. The van der Waals surface area contributed by atoms with Crippen LogP contribution < -0.4 is 5.32 Å². The number of rotatable bonds is 5. The molecule has 1 N–H and O–H groups in total. The van der Waals surface area contributed by atoms with Crippen molar-refractivity contribution in [3.63, 3.8) is 0 Å². The molecule has 1 aliphatic rings. The number of piperidine rings is 1. The number of halogens is 1. The minimum Gasteiger partial charge on any atom is -0.339 e. The zero-order valence-electron chi connectivity index (χ0n) is 17.0. The minimum atomic E-state index is -0.282. The van der Waals surface area contributed by atoms with Crippen molar-refractivity contribution in [1.29, 1.82) is 0 Å². The number of nitrogens with one attached hydrogen (secondary N) is 1. The lowest BCUT2D eigenvalue weighted by molar-refractivity contribution is 0.161. The van der Waals surface area contributed by atoms with Crippen molar-refractivity contribution >= 4 is 6.03 Å². The first-order valence-corrected chi connectivity index (χ1v) is 10.2. The molecule has 0 unspecified atom stereocenters. The second-order valence-electron chi connectivity index (χ2n) is 7.77. The number of aryl methyl sites for hydroxylation is 1. The van der Waals surface area contributed by atoms with E-state index in [9.17, 15) is 9.18 Å². The van der Waals surface area contributed by atoms with Gasteiger partial charge in [0.2, 0.25) is 11.7 Å². The fourth-order valence-electron chi connectivity index (χ4n) is 3.83. The van der Waals surface area contributed by atoms with Gasteiger partial charge in [-0.1, -0.05) is 41.6 Å². The van der Waals surface area contributed by atoms with Crippen LogP contribution in [0.4, 0.5) is 9.18 Å². The Labute approximate surface area is 175 Å². The average Bonchev–Trinajstić information content (AvgIpc) is 3.22. The number of carbonyl (C=O) groups is 1. The van der Waals surface area contributed by atoms with Crippen LogP contribution in [0.15, 0.2) is 53.1 Å². The SMILES string of the molecule is Cc1ccccc1-c1noc(C[C@H]2CCCN(C(=O)NCc3ccc(F)cc3)C2)n1. The van der Waals surface area contributed by atoms with Crippen LogP contribution in [0.3, 0.4) is 0 Å². The van der Waals surface area contributed by atoms with E-state index in [0.717, 1.165) is 36.1 Å². The monoisotopic (exact) mass is 408 g/mol. The Morgan fingerprint density at radius 2 is 2.03 bits per heavy atom. The molecule has 1 saturated heterocycles. The van der Waals surface area contributed by atoms with Gasteiger partial charge in [0.05, 0.1) is 0 Å². The number of nitrogens with zero attached hydrogens (tertiary/aromatic N) is 3. The molecule has 2 amide bonds. The van der Waals surface area contributed by atoms with Crippen molar-refractivity contribution in [2.24, 2.45) is 5.92 Å². The summed E-state index contributed by atoms with van der Waals surface area (Å²) in [6.45, 7) is 3.78. The van der Waals surface area contributed by atoms with Crippen LogP contribution in [0, 0.1) is 18.7 Å². The van der Waals surface area contributed by atoms with Crippen molar-refractivity contribution in [1.82, 2.24) is 20.4 Å². The maximum Gasteiger partial charge on any atom is 0.317 e. The van der Waals surface area contributed by atoms with Crippen molar-refractivity contribution in [3.8, 4) is 11.4 Å². The van der Waals surface area contributed by atoms with E-state index in [-0.39, 0.29) is 17.8 Å². The number of carbonyl (C=O) groups excluding carboxylic acids is 1. The van der Waals surface area contributed by atoms with Gasteiger partial charge in [-0.15, -0.1) is 0 Å². The largest absolute Gasteiger partial charge is 0.339 e. The summed E-state index contributed by atoms with van der Waals surface area (Å²) < 4.78 is 18.5. The second-order valence-corrected chi connectivity index (χ2v) is 7.77. The number of likely N-dealkylation sites (tertiary alicyclic amines) is 1. The molecule has 0 radical (unpaired) electrons. The molecule has 6 nitrogen and oxygen atoms in total. The number of amides is 2. The van der Waals surface area contributed by atoms with E-state index in [0.29, 0.717) is 31.2 Å². The van der Waals surface area contributed by atoms with Gasteiger partial charge >= 0.3 is 6.03 Å². The first kappa shape index (κ1) is 20.1. The Kier molecular flexibility index (Phi) is 6.07. The molecule has 1 atom stereocenters. The molecule has 1 aromatic heterocycles. The predicted octanol–water partition coefficient (Wildman–Crippen LogP) is 4.35. The topological polar surface area (TPSA) is 71.3 Å². The van der Waals surface area contributed by atoms with E-state index < -0.39 is 0 Å². The highest BCUT2D eigenvalue weighted by molar-refractivity contribution is 5.74. The van der Waals surface area contributed by atoms with E-state index >= 15 is 0 Å². The Morgan fingerprint density at radius 3 is 2.83 bits per heavy atom. The van der Waals surface area contributed by atoms with Crippen molar-refractivity contribution in [3.05, 3.63) is 71.4 Å². The lowest BCUT2D eigenvalue weighted by atomic mass is 9.95. The highest BCUT2D eigenvalue weighted by atomic mass is 19.1. The maximum atomic E-state index is 13.0. The summed E-state index contributed by atoms with van der Waals surface area (Å²) in [5.74, 6) is 1.20. The molecule has 1 aliphatic heterocycles. The zero-order chi connectivity index (χ0) is 20.9. The highest BCUT2D eigenvalue weighted by Crippen LogP contribution is 2.23. The van der Waals surface area contributed by atoms with Crippen molar-refractivity contribution in [2.75, 3.05) is 13.1 Å². The third kappa shape index (κ3) is 4.84. The molecule has 30 heavy (non-hydrogen) atoms. The lowest BCUT2D eigenvalue weighted by Gasteiger charge is -2.32.